The number of ether oxygens (including phenoxy) is 1. The highest BCUT2D eigenvalue weighted by atomic mass is 16.7. The zero-order chi connectivity index (χ0) is 16.6. The zero-order valence-electron chi connectivity index (χ0n) is 14.9. The third-order valence-corrected chi connectivity index (χ3v) is 4.39. The molecule has 5 heteroatoms. The molecule has 0 saturated carbocycles. The smallest absolute Gasteiger partial charge is 0.478 e. The van der Waals surface area contributed by atoms with Crippen molar-refractivity contribution in [2.45, 2.75) is 66.1 Å². The maximum Gasteiger partial charge on any atom is 0.496 e. The number of rotatable bonds is 4. The van der Waals surface area contributed by atoms with Crippen LogP contribution in [0.2, 0.25) is 0 Å². The van der Waals surface area contributed by atoms with Crippen molar-refractivity contribution < 1.29 is 14.0 Å². The van der Waals surface area contributed by atoms with E-state index in [2.05, 4.69) is 25.8 Å². The van der Waals surface area contributed by atoms with Gasteiger partial charge in [0.15, 0.2) is 0 Å². The Bertz CT molecular complexity index is 490. The summed E-state index contributed by atoms with van der Waals surface area (Å²) in [7, 11) is -0.374. The number of aromatic nitrogens is 1. The van der Waals surface area contributed by atoms with Gasteiger partial charge in [-0.05, 0) is 45.6 Å². The Morgan fingerprint density at radius 2 is 1.68 bits per heavy atom. The molecule has 0 radical (unpaired) electrons. The first-order valence-electron chi connectivity index (χ1n) is 7.95. The number of nitrogens with zero attached hydrogens (tertiary/aromatic N) is 1. The summed E-state index contributed by atoms with van der Waals surface area (Å²) in [5, 5.41) is 0. The normalized spacial score (nSPS) is 20.2. The van der Waals surface area contributed by atoms with Crippen molar-refractivity contribution in [3.63, 3.8) is 0 Å². The quantitative estimate of drug-likeness (QED) is 0.801. The molecule has 0 N–H and O–H groups in total. The molecule has 0 atom stereocenters. The average molecular weight is 305 g/mol. The van der Waals surface area contributed by atoms with Crippen molar-refractivity contribution in [3.8, 4) is 5.88 Å². The van der Waals surface area contributed by atoms with E-state index in [1.165, 1.54) is 0 Å². The van der Waals surface area contributed by atoms with Crippen molar-refractivity contribution in [2.75, 3.05) is 6.61 Å². The third kappa shape index (κ3) is 4.02. The lowest BCUT2D eigenvalue weighted by atomic mass is 9.80. The van der Waals surface area contributed by atoms with Crippen molar-refractivity contribution in [2.24, 2.45) is 5.41 Å². The first-order chi connectivity index (χ1) is 10.0. The minimum atomic E-state index is -0.374. The van der Waals surface area contributed by atoms with Crippen molar-refractivity contribution in [1.29, 1.82) is 0 Å². The largest absolute Gasteiger partial charge is 0.496 e. The van der Waals surface area contributed by atoms with Crippen LogP contribution < -0.4 is 10.2 Å². The van der Waals surface area contributed by atoms with Gasteiger partial charge in [0.05, 0.1) is 17.8 Å². The lowest BCUT2D eigenvalue weighted by Crippen LogP contribution is -2.41. The molecule has 1 aliphatic rings. The molecule has 0 aliphatic carbocycles. The van der Waals surface area contributed by atoms with Crippen LogP contribution in [-0.2, 0) is 9.31 Å². The van der Waals surface area contributed by atoms with Crippen LogP contribution in [0.15, 0.2) is 18.3 Å². The maximum absolute atomic E-state index is 6.01. The average Bonchev–Trinajstić information content (AvgIpc) is 2.58. The molecule has 1 fully saturated rings. The van der Waals surface area contributed by atoms with Crippen LogP contribution in [0.5, 0.6) is 5.88 Å². The number of hydrogen-bond acceptors (Lipinski definition) is 4. The number of pyridine rings is 1. The molecule has 4 nitrogen and oxygen atoms in total. The Morgan fingerprint density at radius 1 is 1.09 bits per heavy atom. The summed E-state index contributed by atoms with van der Waals surface area (Å²) in [6.45, 7) is 15.5. The molecule has 0 bridgehead atoms. The summed E-state index contributed by atoms with van der Waals surface area (Å²) in [6.07, 6.45) is 2.77. The van der Waals surface area contributed by atoms with Crippen molar-refractivity contribution >= 4 is 12.6 Å². The minimum absolute atomic E-state index is 0.267. The fraction of sp³-hybridized carbons (Fsp3) is 0.706. The number of hydrogen-bond donors (Lipinski definition) is 0. The zero-order valence-corrected chi connectivity index (χ0v) is 14.9. The van der Waals surface area contributed by atoms with E-state index in [4.69, 9.17) is 14.0 Å². The molecular weight excluding hydrogens is 277 g/mol. The standard InChI is InChI=1S/C17H28BNO3/c1-15(2,3)10-11-20-14-9-8-13(12-19-14)18-21-16(4,5)17(6,7)22-18/h8-9,12H,10-11H2,1-7H3. The van der Waals surface area contributed by atoms with Gasteiger partial charge in [-0.15, -0.1) is 0 Å². The Kier molecular flexibility index (Phi) is 4.60. The summed E-state index contributed by atoms with van der Waals surface area (Å²) in [4.78, 5) is 4.36. The maximum atomic E-state index is 6.01. The highest BCUT2D eigenvalue weighted by Crippen LogP contribution is 2.36. The molecule has 1 aromatic heterocycles. The summed E-state index contributed by atoms with van der Waals surface area (Å²) in [5.74, 6) is 0.643. The summed E-state index contributed by atoms with van der Waals surface area (Å²) < 4.78 is 17.7. The molecule has 1 aromatic rings. The Balaban J connectivity index is 1.96. The molecule has 1 aliphatic heterocycles. The van der Waals surface area contributed by atoms with E-state index in [0.29, 0.717) is 12.5 Å². The van der Waals surface area contributed by atoms with Gasteiger partial charge in [0.2, 0.25) is 5.88 Å². The van der Waals surface area contributed by atoms with Crippen LogP contribution >= 0.6 is 0 Å². The fourth-order valence-corrected chi connectivity index (χ4v) is 2.06. The molecule has 0 unspecified atom stereocenters. The van der Waals surface area contributed by atoms with Gasteiger partial charge in [-0.3, -0.25) is 0 Å². The van der Waals surface area contributed by atoms with E-state index in [-0.39, 0.29) is 23.7 Å². The highest BCUT2D eigenvalue weighted by Gasteiger charge is 2.51. The Labute approximate surface area is 134 Å². The van der Waals surface area contributed by atoms with Crippen molar-refractivity contribution in [3.05, 3.63) is 18.3 Å². The predicted molar refractivity (Wildman–Crippen MR) is 89.5 cm³/mol. The molecule has 2 heterocycles. The van der Waals surface area contributed by atoms with Crippen LogP contribution in [0, 0.1) is 5.41 Å². The van der Waals surface area contributed by atoms with Crippen LogP contribution in [0.3, 0.4) is 0 Å². The van der Waals surface area contributed by atoms with E-state index < -0.39 is 0 Å². The first kappa shape index (κ1) is 17.3. The predicted octanol–water partition coefficient (Wildman–Crippen LogP) is 3.20. The van der Waals surface area contributed by atoms with Gasteiger partial charge >= 0.3 is 7.12 Å². The van der Waals surface area contributed by atoms with E-state index in [1.807, 2.05) is 39.8 Å². The highest BCUT2D eigenvalue weighted by molar-refractivity contribution is 6.62. The SMILES string of the molecule is CC(C)(C)CCOc1ccc(B2OC(C)(C)C(C)(C)O2)cn1. The van der Waals surface area contributed by atoms with E-state index in [9.17, 15) is 0 Å². The van der Waals surface area contributed by atoms with Crippen LogP contribution in [0.1, 0.15) is 54.9 Å². The molecule has 1 saturated heterocycles. The topological polar surface area (TPSA) is 40.6 Å². The van der Waals surface area contributed by atoms with Gasteiger partial charge in [-0.2, -0.15) is 0 Å². The van der Waals surface area contributed by atoms with Gasteiger partial charge in [0.1, 0.15) is 0 Å². The second-order valence-corrected chi connectivity index (χ2v) is 8.18. The van der Waals surface area contributed by atoms with Crippen LogP contribution in [0.4, 0.5) is 0 Å². The lowest BCUT2D eigenvalue weighted by molar-refractivity contribution is 0.00578. The van der Waals surface area contributed by atoms with Gasteiger partial charge in [-0.25, -0.2) is 4.98 Å². The van der Waals surface area contributed by atoms with E-state index in [1.54, 1.807) is 6.20 Å². The molecule has 0 amide bonds. The molecule has 122 valence electrons. The fourth-order valence-electron chi connectivity index (χ4n) is 2.06. The van der Waals surface area contributed by atoms with E-state index in [0.717, 1.165) is 11.9 Å². The van der Waals surface area contributed by atoms with Crippen molar-refractivity contribution in [1.82, 2.24) is 4.98 Å². The van der Waals surface area contributed by atoms with Crippen LogP contribution in [0.25, 0.3) is 0 Å². The van der Waals surface area contributed by atoms with Gasteiger partial charge < -0.3 is 14.0 Å². The molecule has 0 aromatic carbocycles. The summed E-state index contributed by atoms with van der Waals surface area (Å²) in [5.41, 5.74) is 0.517. The monoisotopic (exact) mass is 305 g/mol. The second-order valence-electron chi connectivity index (χ2n) is 8.18. The molecular formula is C17H28BNO3. The van der Waals surface area contributed by atoms with Gasteiger partial charge in [-0.1, -0.05) is 26.8 Å². The lowest BCUT2D eigenvalue weighted by Gasteiger charge is -2.32. The molecule has 22 heavy (non-hydrogen) atoms. The van der Waals surface area contributed by atoms with Gasteiger partial charge in [0.25, 0.3) is 0 Å². The molecule has 0 spiro atoms. The third-order valence-electron chi connectivity index (χ3n) is 4.39. The Morgan fingerprint density at radius 3 is 2.14 bits per heavy atom. The summed E-state index contributed by atoms with van der Waals surface area (Å²) >= 11 is 0. The summed E-state index contributed by atoms with van der Waals surface area (Å²) in [6, 6.07) is 3.84. The first-order valence-corrected chi connectivity index (χ1v) is 7.95. The van der Waals surface area contributed by atoms with Gasteiger partial charge in [0, 0.05) is 11.7 Å². The molecule has 2 rings (SSSR count). The van der Waals surface area contributed by atoms with E-state index >= 15 is 0 Å². The van der Waals surface area contributed by atoms with Crippen LogP contribution in [-0.4, -0.2) is 29.9 Å². The minimum Gasteiger partial charge on any atom is -0.478 e. The Hall–Kier alpha value is -1.07. The second kappa shape index (κ2) is 5.86.